The summed E-state index contributed by atoms with van der Waals surface area (Å²) in [4.78, 5) is 18.3. The number of phenolic OH excluding ortho intramolecular Hbond substituents is 1. The second-order valence-electron chi connectivity index (χ2n) is 8.35. The number of aromatic hydroxyl groups is 1. The van der Waals surface area contributed by atoms with E-state index in [-0.39, 0.29) is 17.0 Å². The van der Waals surface area contributed by atoms with Crippen molar-refractivity contribution in [1.29, 1.82) is 0 Å². The Hall–Kier alpha value is -4.91. The summed E-state index contributed by atoms with van der Waals surface area (Å²) in [7, 11) is 3.92. The molecule has 4 aromatic rings. The number of carbonyl (C=O) groups excluding carboxylic acids is 1. The molecule has 13 heteroatoms. The van der Waals surface area contributed by atoms with Crippen LogP contribution in [0.2, 0.25) is 0 Å². The molecule has 4 rings (SSSR count). The van der Waals surface area contributed by atoms with Gasteiger partial charge in [0, 0.05) is 31.4 Å². The molecule has 0 saturated carbocycles. The summed E-state index contributed by atoms with van der Waals surface area (Å²) in [6, 6.07) is 9.44. The summed E-state index contributed by atoms with van der Waals surface area (Å²) in [5, 5.41) is 22.0. The van der Waals surface area contributed by atoms with Crippen molar-refractivity contribution in [2.45, 2.75) is 6.54 Å². The zero-order valence-electron chi connectivity index (χ0n) is 20.5. The quantitative estimate of drug-likeness (QED) is 0.253. The molecule has 0 atom stereocenters. The van der Waals surface area contributed by atoms with Gasteiger partial charge in [-0.2, -0.15) is 10.1 Å². The van der Waals surface area contributed by atoms with Gasteiger partial charge < -0.3 is 25.0 Å². The smallest absolute Gasteiger partial charge is 0.340 e. The normalized spacial score (nSPS) is 11.3. The van der Waals surface area contributed by atoms with Crippen LogP contribution in [0.15, 0.2) is 66.2 Å². The molecule has 0 fully saturated rings. The SMILES string of the molecule is CN(C)CCn1cnnc1-c1cc(Oc2ccc(N(/N=C/c3ccc(O)c(F)c3)C(N)=O)cc2F)ccn1. The summed E-state index contributed by atoms with van der Waals surface area (Å²) in [5.74, 6) is -1.44. The number of carbonyl (C=O) groups is 1. The molecule has 2 aromatic heterocycles. The number of hydrogen-bond acceptors (Lipinski definition) is 8. The number of aromatic nitrogens is 4. The van der Waals surface area contributed by atoms with Crippen molar-refractivity contribution >= 4 is 17.9 Å². The number of amides is 2. The Morgan fingerprint density at radius 1 is 1.16 bits per heavy atom. The number of primary amides is 1. The molecular weight excluding hydrogens is 498 g/mol. The van der Waals surface area contributed by atoms with Crippen LogP contribution in [0.25, 0.3) is 11.5 Å². The monoisotopic (exact) mass is 522 g/mol. The number of phenols is 1. The van der Waals surface area contributed by atoms with Crippen LogP contribution in [0, 0.1) is 11.6 Å². The predicted octanol–water partition coefficient (Wildman–Crippen LogP) is 3.60. The Morgan fingerprint density at radius 2 is 1.97 bits per heavy atom. The zero-order valence-corrected chi connectivity index (χ0v) is 20.5. The lowest BCUT2D eigenvalue weighted by atomic mass is 10.2. The topological polar surface area (TPSA) is 135 Å². The van der Waals surface area contributed by atoms with Gasteiger partial charge in [0.1, 0.15) is 17.8 Å². The van der Waals surface area contributed by atoms with Crippen LogP contribution in [0.3, 0.4) is 0 Å². The van der Waals surface area contributed by atoms with Gasteiger partial charge in [-0.25, -0.2) is 13.6 Å². The molecule has 0 unspecified atom stereocenters. The lowest BCUT2D eigenvalue weighted by molar-refractivity contribution is 0.254. The third-order valence-electron chi connectivity index (χ3n) is 5.25. The summed E-state index contributed by atoms with van der Waals surface area (Å²) >= 11 is 0. The van der Waals surface area contributed by atoms with Gasteiger partial charge in [0.05, 0.1) is 11.9 Å². The van der Waals surface area contributed by atoms with Crippen molar-refractivity contribution in [3.63, 3.8) is 0 Å². The van der Waals surface area contributed by atoms with E-state index in [9.17, 15) is 18.7 Å². The average molecular weight is 523 g/mol. The Morgan fingerprint density at radius 3 is 2.68 bits per heavy atom. The fourth-order valence-electron chi connectivity index (χ4n) is 3.33. The number of likely N-dealkylation sites (N-methyl/N-ethyl adjacent to an activating group) is 1. The number of halogens is 2. The van der Waals surface area contributed by atoms with Crippen LogP contribution >= 0.6 is 0 Å². The summed E-state index contributed by atoms with van der Waals surface area (Å²) in [6.07, 6.45) is 4.26. The minimum absolute atomic E-state index is 0.0160. The molecular formula is C25H24F2N8O3. The highest BCUT2D eigenvalue weighted by molar-refractivity contribution is 5.93. The van der Waals surface area contributed by atoms with E-state index in [1.165, 1.54) is 24.4 Å². The van der Waals surface area contributed by atoms with Crippen molar-refractivity contribution in [1.82, 2.24) is 24.6 Å². The van der Waals surface area contributed by atoms with Crippen molar-refractivity contribution in [3.05, 3.63) is 78.3 Å². The van der Waals surface area contributed by atoms with Gasteiger partial charge in [0.25, 0.3) is 0 Å². The molecule has 196 valence electrons. The Bertz CT molecular complexity index is 1470. The first-order chi connectivity index (χ1) is 18.2. The van der Waals surface area contributed by atoms with E-state index in [0.717, 1.165) is 36.0 Å². The lowest BCUT2D eigenvalue weighted by Gasteiger charge is -2.16. The highest BCUT2D eigenvalue weighted by Crippen LogP contribution is 2.30. The summed E-state index contributed by atoms with van der Waals surface area (Å²) in [5.41, 5.74) is 6.15. The van der Waals surface area contributed by atoms with Crippen molar-refractivity contribution < 1.29 is 23.4 Å². The van der Waals surface area contributed by atoms with Crippen LogP contribution < -0.4 is 15.5 Å². The van der Waals surface area contributed by atoms with Gasteiger partial charge in [0.2, 0.25) is 0 Å². The lowest BCUT2D eigenvalue weighted by Crippen LogP contribution is -2.31. The van der Waals surface area contributed by atoms with E-state index >= 15 is 0 Å². The maximum absolute atomic E-state index is 15.0. The number of nitrogens with two attached hydrogens (primary N) is 1. The molecule has 0 bridgehead atoms. The molecule has 2 amide bonds. The van der Waals surface area contributed by atoms with Gasteiger partial charge in [0.15, 0.2) is 29.0 Å². The molecule has 0 aliphatic rings. The third-order valence-corrected chi connectivity index (χ3v) is 5.25. The van der Waals surface area contributed by atoms with E-state index < -0.39 is 23.4 Å². The minimum Gasteiger partial charge on any atom is -0.505 e. The fourth-order valence-corrected chi connectivity index (χ4v) is 3.33. The summed E-state index contributed by atoms with van der Waals surface area (Å²) in [6.45, 7) is 1.43. The first kappa shape index (κ1) is 26.2. The molecule has 0 spiro atoms. The van der Waals surface area contributed by atoms with E-state index in [4.69, 9.17) is 10.5 Å². The largest absolute Gasteiger partial charge is 0.505 e. The van der Waals surface area contributed by atoms with Crippen molar-refractivity contribution in [3.8, 4) is 28.8 Å². The Labute approximate surface area is 216 Å². The Balaban J connectivity index is 1.53. The van der Waals surface area contributed by atoms with Gasteiger partial charge >= 0.3 is 6.03 Å². The van der Waals surface area contributed by atoms with Gasteiger partial charge in [-0.1, -0.05) is 0 Å². The number of hydrogen-bond donors (Lipinski definition) is 2. The maximum atomic E-state index is 15.0. The van der Waals surface area contributed by atoms with Crippen LogP contribution in [0.5, 0.6) is 17.2 Å². The average Bonchev–Trinajstić information content (AvgIpc) is 3.35. The second-order valence-corrected chi connectivity index (χ2v) is 8.35. The van der Waals surface area contributed by atoms with Gasteiger partial charge in [-0.3, -0.25) is 4.98 Å². The number of anilines is 1. The summed E-state index contributed by atoms with van der Waals surface area (Å²) < 4.78 is 36.1. The molecule has 3 N–H and O–H groups in total. The Kier molecular flexibility index (Phi) is 7.87. The molecule has 38 heavy (non-hydrogen) atoms. The van der Waals surface area contributed by atoms with Crippen LogP contribution in [0.4, 0.5) is 19.3 Å². The number of nitrogens with zero attached hydrogens (tertiary/aromatic N) is 7. The molecule has 0 saturated heterocycles. The van der Waals surface area contributed by atoms with Crippen LogP contribution in [-0.2, 0) is 6.54 Å². The predicted molar refractivity (Wildman–Crippen MR) is 136 cm³/mol. The van der Waals surface area contributed by atoms with Crippen LogP contribution in [0.1, 0.15) is 5.56 Å². The van der Waals surface area contributed by atoms with Crippen molar-refractivity contribution in [2.24, 2.45) is 10.8 Å². The number of urea groups is 1. The first-order valence-corrected chi connectivity index (χ1v) is 11.3. The first-order valence-electron chi connectivity index (χ1n) is 11.3. The minimum atomic E-state index is -0.995. The van der Waals surface area contributed by atoms with Crippen molar-refractivity contribution in [2.75, 3.05) is 25.6 Å². The molecule has 11 nitrogen and oxygen atoms in total. The number of pyridine rings is 1. The number of ether oxygens (including phenoxy) is 1. The highest BCUT2D eigenvalue weighted by Gasteiger charge is 2.16. The van der Waals surface area contributed by atoms with E-state index in [0.29, 0.717) is 23.8 Å². The zero-order chi connectivity index (χ0) is 27.2. The van der Waals surface area contributed by atoms with Crippen LogP contribution in [-0.4, -0.2) is 62.6 Å². The number of benzene rings is 2. The molecule has 0 aliphatic heterocycles. The van der Waals surface area contributed by atoms with E-state index in [1.54, 1.807) is 18.5 Å². The molecule has 0 aliphatic carbocycles. The fraction of sp³-hybridized carbons (Fsp3) is 0.160. The molecule has 2 aromatic carbocycles. The molecule has 0 radical (unpaired) electrons. The second kappa shape index (κ2) is 11.4. The standard InChI is InChI=1S/C25H24F2N8O3/c1-33(2)9-10-34-15-30-32-24(34)21-13-18(7-8-29-21)38-23-6-4-17(12-20(23)27)35(25(28)37)31-14-16-3-5-22(36)19(26)11-16/h3-8,11-15,36H,9-10H2,1-2H3,(H2,28,37)/b31-14+. The highest BCUT2D eigenvalue weighted by atomic mass is 19.1. The van der Waals surface area contributed by atoms with E-state index in [2.05, 4.69) is 20.3 Å². The van der Waals surface area contributed by atoms with Gasteiger partial charge in [-0.15, -0.1) is 10.2 Å². The van der Waals surface area contributed by atoms with E-state index in [1.807, 2.05) is 23.6 Å². The maximum Gasteiger partial charge on any atom is 0.340 e. The number of hydrazone groups is 1. The third kappa shape index (κ3) is 6.25. The number of rotatable bonds is 9. The van der Waals surface area contributed by atoms with Gasteiger partial charge in [-0.05, 0) is 56.1 Å². The molecule has 2 heterocycles.